The van der Waals surface area contributed by atoms with Crippen LogP contribution in [0.1, 0.15) is 12.5 Å². The van der Waals surface area contributed by atoms with E-state index in [2.05, 4.69) is 5.32 Å². The largest absolute Gasteiger partial charge is 0.323 e. The van der Waals surface area contributed by atoms with E-state index in [1.165, 1.54) is 18.2 Å². The van der Waals surface area contributed by atoms with Crippen LogP contribution in [-0.4, -0.2) is 23.9 Å². The fourth-order valence-corrected chi connectivity index (χ4v) is 2.25. The molecule has 0 fully saturated rings. The van der Waals surface area contributed by atoms with Gasteiger partial charge in [0.2, 0.25) is 5.91 Å². The number of rotatable bonds is 5. The van der Waals surface area contributed by atoms with Gasteiger partial charge in [-0.3, -0.25) is 9.69 Å². The minimum absolute atomic E-state index is 0.186. The summed E-state index contributed by atoms with van der Waals surface area (Å²) in [4.78, 5) is 14.2. The molecule has 1 N–H and O–H groups in total. The molecule has 0 aliphatic heterocycles. The fourth-order valence-electron chi connectivity index (χ4n) is 2.04. The van der Waals surface area contributed by atoms with Crippen LogP contribution in [0, 0.1) is 5.82 Å². The van der Waals surface area contributed by atoms with E-state index in [9.17, 15) is 9.18 Å². The number of anilines is 1. The van der Waals surface area contributed by atoms with Crippen LogP contribution >= 0.6 is 11.6 Å². The second-order valence-corrected chi connectivity index (χ2v) is 5.60. The molecule has 2 rings (SSSR count). The molecule has 0 saturated heterocycles. The number of hydrogen-bond donors (Lipinski definition) is 1. The molecule has 1 amide bonds. The van der Waals surface area contributed by atoms with Gasteiger partial charge in [-0.05, 0) is 37.7 Å². The topological polar surface area (TPSA) is 32.3 Å². The Labute approximate surface area is 134 Å². The summed E-state index contributed by atoms with van der Waals surface area (Å²) < 4.78 is 13.0. The molecule has 0 unspecified atom stereocenters. The Morgan fingerprint density at radius 1 is 1.27 bits per heavy atom. The maximum absolute atomic E-state index is 13.0. The predicted molar refractivity (Wildman–Crippen MR) is 87.4 cm³/mol. The van der Waals surface area contributed by atoms with Crippen LogP contribution in [0.25, 0.3) is 0 Å². The molecule has 0 radical (unpaired) electrons. The standard InChI is InChI=1S/C17H18ClFN2O/c1-12(21(2)11-13-6-4-3-5-7-13)17(22)20-16-9-8-14(19)10-15(16)18/h3-10,12H,11H2,1-2H3,(H,20,22)/t12-/m1/s1. The van der Waals surface area contributed by atoms with Crippen LogP contribution in [0.5, 0.6) is 0 Å². The molecular weight excluding hydrogens is 303 g/mol. The number of carbonyl (C=O) groups is 1. The molecule has 0 spiro atoms. The quantitative estimate of drug-likeness (QED) is 0.905. The first-order valence-electron chi connectivity index (χ1n) is 6.97. The first-order chi connectivity index (χ1) is 10.5. The summed E-state index contributed by atoms with van der Waals surface area (Å²) >= 11 is 5.92. The first kappa shape index (κ1) is 16.5. The Bertz CT molecular complexity index is 648. The molecule has 0 aromatic heterocycles. The molecular formula is C17H18ClFN2O. The molecule has 0 bridgehead atoms. The summed E-state index contributed by atoms with van der Waals surface area (Å²) in [7, 11) is 1.88. The van der Waals surface area contributed by atoms with E-state index in [0.29, 0.717) is 12.2 Å². The van der Waals surface area contributed by atoms with E-state index >= 15 is 0 Å². The van der Waals surface area contributed by atoms with Crippen molar-refractivity contribution in [2.45, 2.75) is 19.5 Å². The molecule has 3 nitrogen and oxygen atoms in total. The van der Waals surface area contributed by atoms with Crippen molar-refractivity contribution in [3.8, 4) is 0 Å². The third-order valence-corrected chi connectivity index (χ3v) is 3.82. The molecule has 2 aromatic carbocycles. The normalized spacial score (nSPS) is 12.2. The Hall–Kier alpha value is -1.91. The van der Waals surface area contributed by atoms with Gasteiger partial charge >= 0.3 is 0 Å². The third-order valence-electron chi connectivity index (χ3n) is 3.50. The van der Waals surface area contributed by atoms with Crippen LogP contribution in [0.2, 0.25) is 5.02 Å². The zero-order chi connectivity index (χ0) is 16.1. The molecule has 0 aliphatic carbocycles. The van der Waals surface area contributed by atoms with E-state index in [4.69, 9.17) is 11.6 Å². The van der Waals surface area contributed by atoms with Crippen molar-refractivity contribution < 1.29 is 9.18 Å². The molecule has 22 heavy (non-hydrogen) atoms. The number of amides is 1. The van der Waals surface area contributed by atoms with Crippen molar-refractivity contribution in [3.05, 3.63) is 64.9 Å². The lowest BCUT2D eigenvalue weighted by molar-refractivity contribution is -0.120. The third kappa shape index (κ3) is 4.29. The molecule has 116 valence electrons. The minimum Gasteiger partial charge on any atom is -0.323 e. The smallest absolute Gasteiger partial charge is 0.241 e. The van der Waals surface area contributed by atoms with Gasteiger partial charge in [-0.2, -0.15) is 0 Å². The predicted octanol–water partition coefficient (Wildman–Crippen LogP) is 3.94. The maximum Gasteiger partial charge on any atom is 0.241 e. The SMILES string of the molecule is C[C@H](C(=O)Nc1ccc(F)cc1Cl)N(C)Cc1ccccc1. The molecule has 0 saturated carbocycles. The van der Waals surface area contributed by atoms with E-state index in [1.807, 2.05) is 49.2 Å². The second-order valence-electron chi connectivity index (χ2n) is 5.19. The number of likely N-dealkylation sites (N-methyl/N-ethyl adjacent to an activating group) is 1. The monoisotopic (exact) mass is 320 g/mol. The highest BCUT2D eigenvalue weighted by molar-refractivity contribution is 6.33. The molecule has 0 heterocycles. The van der Waals surface area contributed by atoms with Gasteiger partial charge in [0, 0.05) is 6.54 Å². The van der Waals surface area contributed by atoms with Crippen molar-refractivity contribution in [2.24, 2.45) is 0 Å². The van der Waals surface area contributed by atoms with Gasteiger partial charge < -0.3 is 5.32 Å². The number of nitrogens with zero attached hydrogens (tertiary/aromatic N) is 1. The first-order valence-corrected chi connectivity index (χ1v) is 7.35. The summed E-state index contributed by atoms with van der Waals surface area (Å²) in [5.74, 6) is -0.621. The van der Waals surface area contributed by atoms with Crippen molar-refractivity contribution in [1.82, 2.24) is 4.90 Å². The minimum atomic E-state index is -0.433. The van der Waals surface area contributed by atoms with Crippen molar-refractivity contribution in [3.63, 3.8) is 0 Å². The summed E-state index contributed by atoms with van der Waals surface area (Å²) in [6.07, 6.45) is 0. The summed E-state index contributed by atoms with van der Waals surface area (Å²) in [5.41, 5.74) is 1.54. The van der Waals surface area contributed by atoms with E-state index < -0.39 is 5.82 Å². The van der Waals surface area contributed by atoms with Gasteiger partial charge in [-0.25, -0.2) is 4.39 Å². The summed E-state index contributed by atoms with van der Waals surface area (Å²) in [5, 5.41) is 2.91. The second kappa shape index (κ2) is 7.38. The Kier molecular flexibility index (Phi) is 5.52. The fraction of sp³-hybridized carbons (Fsp3) is 0.235. The highest BCUT2D eigenvalue weighted by Gasteiger charge is 2.19. The molecule has 1 atom stereocenters. The van der Waals surface area contributed by atoms with Gasteiger partial charge in [0.15, 0.2) is 0 Å². The van der Waals surface area contributed by atoms with Crippen molar-refractivity contribution in [1.29, 1.82) is 0 Å². The van der Waals surface area contributed by atoms with E-state index in [0.717, 1.165) is 5.56 Å². The van der Waals surface area contributed by atoms with Crippen molar-refractivity contribution >= 4 is 23.2 Å². The van der Waals surface area contributed by atoms with Gasteiger partial charge in [-0.15, -0.1) is 0 Å². The maximum atomic E-state index is 13.0. The average molecular weight is 321 g/mol. The lowest BCUT2D eigenvalue weighted by Gasteiger charge is -2.24. The molecule has 2 aromatic rings. The molecule has 5 heteroatoms. The molecule has 0 aliphatic rings. The van der Waals surface area contributed by atoms with Gasteiger partial charge in [-0.1, -0.05) is 41.9 Å². The number of nitrogens with one attached hydrogen (secondary N) is 1. The zero-order valence-corrected chi connectivity index (χ0v) is 13.3. The van der Waals surface area contributed by atoms with Crippen LogP contribution in [0.3, 0.4) is 0 Å². The Balaban J connectivity index is 1.99. The Morgan fingerprint density at radius 3 is 2.59 bits per heavy atom. The number of benzene rings is 2. The number of halogens is 2. The number of hydrogen-bond acceptors (Lipinski definition) is 2. The summed E-state index contributed by atoms with van der Waals surface area (Å²) in [6.45, 7) is 2.47. The van der Waals surface area contributed by atoms with Gasteiger partial charge in [0.1, 0.15) is 5.82 Å². The van der Waals surface area contributed by atoms with Crippen LogP contribution in [0.4, 0.5) is 10.1 Å². The zero-order valence-electron chi connectivity index (χ0n) is 12.5. The van der Waals surface area contributed by atoms with E-state index in [-0.39, 0.29) is 17.0 Å². The van der Waals surface area contributed by atoms with Crippen LogP contribution < -0.4 is 5.32 Å². The summed E-state index contributed by atoms with van der Waals surface area (Å²) in [6, 6.07) is 13.5. The van der Waals surface area contributed by atoms with E-state index in [1.54, 1.807) is 0 Å². The number of carbonyl (C=O) groups excluding carboxylic acids is 1. The highest BCUT2D eigenvalue weighted by Crippen LogP contribution is 2.22. The van der Waals surface area contributed by atoms with Gasteiger partial charge in [0.25, 0.3) is 0 Å². The Morgan fingerprint density at radius 2 is 1.95 bits per heavy atom. The average Bonchev–Trinajstić information content (AvgIpc) is 2.50. The van der Waals surface area contributed by atoms with Crippen LogP contribution in [-0.2, 0) is 11.3 Å². The lowest BCUT2D eigenvalue weighted by atomic mass is 10.2. The highest BCUT2D eigenvalue weighted by atomic mass is 35.5. The van der Waals surface area contributed by atoms with Crippen LogP contribution in [0.15, 0.2) is 48.5 Å². The van der Waals surface area contributed by atoms with Gasteiger partial charge in [0.05, 0.1) is 16.8 Å². The lowest BCUT2D eigenvalue weighted by Crippen LogP contribution is -2.39. The van der Waals surface area contributed by atoms with Crippen molar-refractivity contribution in [2.75, 3.05) is 12.4 Å².